The average Bonchev–Trinajstić information content (AvgIpc) is 2.34. The van der Waals surface area contributed by atoms with Crippen LogP contribution in [0.15, 0.2) is 18.2 Å². The number of carbonyl (C=O) groups is 2. The van der Waals surface area contributed by atoms with E-state index in [4.69, 9.17) is 5.11 Å². The molecule has 2 N–H and O–H groups in total. The molecule has 1 aromatic carbocycles. The standard InChI is InChI=1S/C12H12F4N2O3/c1-2-18(6-12(14,15)16)11(21)17-8-5-3-4-7(13)9(8)10(19)20/h3-5H,2,6H2,1H3,(H,17,21)(H,19,20). The molecule has 5 nitrogen and oxygen atoms in total. The number of carboxylic acids is 1. The predicted molar refractivity (Wildman–Crippen MR) is 65.7 cm³/mol. The third-order valence-corrected chi connectivity index (χ3v) is 2.51. The van der Waals surface area contributed by atoms with Crippen LogP contribution in [0, 0.1) is 5.82 Å². The molecule has 0 unspecified atom stereocenters. The van der Waals surface area contributed by atoms with Crippen molar-refractivity contribution in [2.24, 2.45) is 0 Å². The maximum atomic E-state index is 13.4. The number of anilines is 1. The molecule has 0 radical (unpaired) electrons. The summed E-state index contributed by atoms with van der Waals surface area (Å²) in [5.74, 6) is -2.73. The summed E-state index contributed by atoms with van der Waals surface area (Å²) in [4.78, 5) is 23.0. The van der Waals surface area contributed by atoms with Gasteiger partial charge >= 0.3 is 18.2 Å². The minimum absolute atomic E-state index is 0.247. The molecule has 1 rings (SSSR count). The van der Waals surface area contributed by atoms with Crippen LogP contribution in [0.25, 0.3) is 0 Å². The van der Waals surface area contributed by atoms with Gasteiger partial charge in [-0.05, 0) is 19.1 Å². The molecule has 0 spiro atoms. The summed E-state index contributed by atoms with van der Waals surface area (Å²) in [6.45, 7) is -0.412. The second-order valence-corrected chi connectivity index (χ2v) is 4.03. The van der Waals surface area contributed by atoms with Gasteiger partial charge in [0.25, 0.3) is 0 Å². The lowest BCUT2D eigenvalue weighted by molar-refractivity contribution is -0.139. The van der Waals surface area contributed by atoms with Gasteiger partial charge in [0.05, 0.1) is 5.69 Å². The van der Waals surface area contributed by atoms with Crippen LogP contribution < -0.4 is 5.32 Å². The van der Waals surface area contributed by atoms with Crippen molar-refractivity contribution in [1.29, 1.82) is 0 Å². The number of hydrogen-bond acceptors (Lipinski definition) is 2. The number of amides is 2. The Kier molecular flexibility index (Phi) is 5.12. The van der Waals surface area contributed by atoms with Crippen molar-refractivity contribution in [3.8, 4) is 0 Å². The van der Waals surface area contributed by atoms with Gasteiger partial charge in [-0.3, -0.25) is 0 Å². The topological polar surface area (TPSA) is 69.6 Å². The summed E-state index contributed by atoms with van der Waals surface area (Å²) in [5, 5.41) is 10.8. The van der Waals surface area contributed by atoms with Gasteiger partial charge in [-0.25, -0.2) is 14.0 Å². The number of carboxylic acid groups (broad SMARTS) is 1. The lowest BCUT2D eigenvalue weighted by Crippen LogP contribution is -2.41. The largest absolute Gasteiger partial charge is 0.478 e. The van der Waals surface area contributed by atoms with Crippen molar-refractivity contribution in [1.82, 2.24) is 4.90 Å². The number of halogens is 4. The van der Waals surface area contributed by atoms with Crippen molar-refractivity contribution in [2.75, 3.05) is 18.4 Å². The van der Waals surface area contributed by atoms with Gasteiger partial charge in [0.1, 0.15) is 17.9 Å². The summed E-state index contributed by atoms with van der Waals surface area (Å²) in [7, 11) is 0. The van der Waals surface area contributed by atoms with E-state index >= 15 is 0 Å². The number of alkyl halides is 3. The van der Waals surface area contributed by atoms with Crippen molar-refractivity contribution in [2.45, 2.75) is 13.1 Å². The van der Waals surface area contributed by atoms with Crippen LogP contribution in [0.3, 0.4) is 0 Å². The van der Waals surface area contributed by atoms with Crippen molar-refractivity contribution in [3.63, 3.8) is 0 Å². The molecule has 116 valence electrons. The molecule has 0 bridgehead atoms. The molecular weight excluding hydrogens is 296 g/mol. The van der Waals surface area contributed by atoms with Crippen LogP contribution >= 0.6 is 0 Å². The lowest BCUT2D eigenvalue weighted by Gasteiger charge is -2.23. The monoisotopic (exact) mass is 308 g/mol. The summed E-state index contributed by atoms with van der Waals surface area (Å²) < 4.78 is 50.2. The number of aromatic carboxylic acids is 1. The third kappa shape index (κ3) is 4.62. The van der Waals surface area contributed by atoms with Crippen LogP contribution in [0.4, 0.5) is 28.0 Å². The van der Waals surface area contributed by atoms with Crippen LogP contribution in [0.5, 0.6) is 0 Å². The lowest BCUT2D eigenvalue weighted by atomic mass is 10.1. The fourth-order valence-corrected chi connectivity index (χ4v) is 1.58. The quantitative estimate of drug-likeness (QED) is 0.840. The Balaban J connectivity index is 2.97. The second-order valence-electron chi connectivity index (χ2n) is 4.03. The SMILES string of the molecule is CCN(CC(F)(F)F)C(=O)Nc1cccc(F)c1C(=O)O. The third-order valence-electron chi connectivity index (χ3n) is 2.51. The van der Waals surface area contributed by atoms with Gasteiger partial charge in [0.2, 0.25) is 0 Å². The smallest absolute Gasteiger partial charge is 0.406 e. The number of nitrogens with zero attached hydrogens (tertiary/aromatic N) is 1. The zero-order valence-electron chi connectivity index (χ0n) is 10.9. The molecule has 9 heteroatoms. The molecule has 0 heterocycles. The molecule has 0 aliphatic heterocycles. The highest BCUT2D eigenvalue weighted by atomic mass is 19.4. The molecule has 0 fully saturated rings. The van der Waals surface area contributed by atoms with Gasteiger partial charge in [0.15, 0.2) is 0 Å². The molecule has 21 heavy (non-hydrogen) atoms. The van der Waals surface area contributed by atoms with Crippen LogP contribution in [0.2, 0.25) is 0 Å². The molecule has 1 aromatic rings. The van der Waals surface area contributed by atoms with Gasteiger partial charge < -0.3 is 15.3 Å². The maximum absolute atomic E-state index is 13.4. The molecule has 0 saturated heterocycles. The highest BCUT2D eigenvalue weighted by Gasteiger charge is 2.32. The fraction of sp³-hybridized carbons (Fsp3) is 0.333. The number of benzene rings is 1. The zero-order valence-corrected chi connectivity index (χ0v) is 10.9. The Bertz CT molecular complexity index is 546. The van der Waals surface area contributed by atoms with Crippen molar-refractivity contribution < 1.29 is 32.3 Å². The van der Waals surface area contributed by atoms with E-state index in [0.717, 1.165) is 18.2 Å². The minimum atomic E-state index is -4.59. The Labute approximate surface area is 117 Å². The first-order valence-electron chi connectivity index (χ1n) is 5.80. The number of urea groups is 1. The first kappa shape index (κ1) is 16.7. The zero-order chi connectivity index (χ0) is 16.2. The van der Waals surface area contributed by atoms with E-state index in [0.29, 0.717) is 4.90 Å². The molecule has 0 aliphatic carbocycles. The average molecular weight is 308 g/mol. The van der Waals surface area contributed by atoms with E-state index in [-0.39, 0.29) is 6.54 Å². The second kappa shape index (κ2) is 6.42. The number of nitrogens with one attached hydrogen (secondary N) is 1. The van der Waals surface area contributed by atoms with Crippen molar-refractivity contribution in [3.05, 3.63) is 29.6 Å². The van der Waals surface area contributed by atoms with Gasteiger partial charge in [-0.1, -0.05) is 6.07 Å². The Morgan fingerprint density at radius 3 is 2.43 bits per heavy atom. The van der Waals surface area contributed by atoms with E-state index in [1.165, 1.54) is 6.92 Å². The number of carbonyl (C=O) groups excluding carboxylic acids is 1. The van der Waals surface area contributed by atoms with E-state index in [1.54, 1.807) is 0 Å². The molecule has 0 saturated carbocycles. The number of hydrogen-bond donors (Lipinski definition) is 2. The van der Waals surface area contributed by atoms with Crippen LogP contribution in [-0.4, -0.2) is 41.3 Å². The summed E-state index contributed by atoms with van der Waals surface area (Å²) >= 11 is 0. The van der Waals surface area contributed by atoms with Crippen LogP contribution in [-0.2, 0) is 0 Å². The summed E-state index contributed by atoms with van der Waals surface area (Å²) in [6.07, 6.45) is -4.59. The maximum Gasteiger partial charge on any atom is 0.406 e. The first-order chi connectivity index (χ1) is 9.65. The highest BCUT2D eigenvalue weighted by Crippen LogP contribution is 2.21. The molecule has 2 amide bonds. The minimum Gasteiger partial charge on any atom is -0.478 e. The van der Waals surface area contributed by atoms with Gasteiger partial charge in [-0.15, -0.1) is 0 Å². The van der Waals surface area contributed by atoms with Crippen LogP contribution in [0.1, 0.15) is 17.3 Å². The molecule has 0 aliphatic rings. The number of rotatable bonds is 4. The summed E-state index contributed by atoms with van der Waals surface area (Å²) in [6, 6.07) is 1.93. The Morgan fingerprint density at radius 2 is 1.95 bits per heavy atom. The van der Waals surface area contributed by atoms with E-state index < -0.39 is 41.8 Å². The van der Waals surface area contributed by atoms with Gasteiger partial charge in [-0.2, -0.15) is 13.2 Å². The highest BCUT2D eigenvalue weighted by molar-refractivity contribution is 6.00. The van der Waals surface area contributed by atoms with E-state index in [2.05, 4.69) is 0 Å². The molecular formula is C12H12F4N2O3. The summed E-state index contributed by atoms with van der Waals surface area (Å²) in [5.41, 5.74) is -1.22. The van der Waals surface area contributed by atoms with E-state index in [9.17, 15) is 27.2 Å². The van der Waals surface area contributed by atoms with Gasteiger partial charge in [0, 0.05) is 6.54 Å². The Morgan fingerprint density at radius 1 is 1.33 bits per heavy atom. The fourth-order valence-electron chi connectivity index (χ4n) is 1.58. The Hall–Kier alpha value is -2.32. The first-order valence-corrected chi connectivity index (χ1v) is 5.80. The molecule has 0 aromatic heterocycles. The van der Waals surface area contributed by atoms with Crippen molar-refractivity contribution >= 4 is 17.7 Å². The molecule has 0 atom stereocenters. The normalized spacial score (nSPS) is 11.1. The predicted octanol–water partition coefficient (Wildman–Crippen LogP) is 2.94. The van der Waals surface area contributed by atoms with E-state index in [1.807, 2.05) is 5.32 Å².